The van der Waals surface area contributed by atoms with Gasteiger partial charge in [-0.1, -0.05) is 24.9 Å². The van der Waals surface area contributed by atoms with Gasteiger partial charge in [0, 0.05) is 18.8 Å². The summed E-state index contributed by atoms with van der Waals surface area (Å²) < 4.78 is 0. The fourth-order valence-electron chi connectivity index (χ4n) is 1.83. The highest BCUT2D eigenvalue weighted by Crippen LogP contribution is 2.29. The van der Waals surface area contributed by atoms with Crippen LogP contribution in [0.2, 0.25) is 5.02 Å². The van der Waals surface area contributed by atoms with Gasteiger partial charge in [0.05, 0.1) is 10.7 Å². The SMILES string of the molecule is CCCCN(CC)c1cc(Cl)c(N)cc1C. The topological polar surface area (TPSA) is 29.3 Å². The first-order valence-electron chi connectivity index (χ1n) is 5.90. The van der Waals surface area contributed by atoms with Gasteiger partial charge in [0.15, 0.2) is 0 Å². The lowest BCUT2D eigenvalue weighted by molar-refractivity contribution is 0.730. The molecular formula is C13H21ClN2. The van der Waals surface area contributed by atoms with Crippen molar-refractivity contribution >= 4 is 23.0 Å². The van der Waals surface area contributed by atoms with E-state index in [1.165, 1.54) is 24.1 Å². The second-order valence-corrected chi connectivity index (χ2v) is 4.50. The number of unbranched alkanes of at least 4 members (excludes halogenated alkanes) is 1. The number of hydrogen-bond donors (Lipinski definition) is 1. The van der Waals surface area contributed by atoms with Crippen molar-refractivity contribution in [1.82, 2.24) is 0 Å². The smallest absolute Gasteiger partial charge is 0.0656 e. The Bertz CT molecular complexity index is 350. The van der Waals surface area contributed by atoms with Gasteiger partial charge < -0.3 is 10.6 Å². The molecule has 0 saturated carbocycles. The molecule has 0 atom stereocenters. The second kappa shape index (κ2) is 6.00. The number of benzene rings is 1. The van der Waals surface area contributed by atoms with Crippen LogP contribution in [0.15, 0.2) is 12.1 Å². The van der Waals surface area contributed by atoms with Crippen LogP contribution in [-0.2, 0) is 0 Å². The summed E-state index contributed by atoms with van der Waals surface area (Å²) in [4.78, 5) is 2.35. The molecule has 1 rings (SSSR count). The highest BCUT2D eigenvalue weighted by atomic mass is 35.5. The van der Waals surface area contributed by atoms with Gasteiger partial charge in [-0.2, -0.15) is 0 Å². The maximum Gasteiger partial charge on any atom is 0.0656 e. The minimum Gasteiger partial charge on any atom is -0.398 e. The van der Waals surface area contributed by atoms with E-state index in [0.717, 1.165) is 13.1 Å². The molecule has 2 N–H and O–H groups in total. The van der Waals surface area contributed by atoms with E-state index < -0.39 is 0 Å². The first-order valence-corrected chi connectivity index (χ1v) is 6.28. The van der Waals surface area contributed by atoms with Crippen molar-refractivity contribution in [3.8, 4) is 0 Å². The fourth-order valence-corrected chi connectivity index (χ4v) is 1.99. The Morgan fingerprint density at radius 2 is 2.00 bits per heavy atom. The molecule has 0 saturated heterocycles. The predicted octanol–water partition coefficient (Wildman–Crippen LogP) is 3.86. The lowest BCUT2D eigenvalue weighted by atomic mass is 10.1. The number of anilines is 2. The average Bonchev–Trinajstić information content (AvgIpc) is 2.26. The quantitative estimate of drug-likeness (QED) is 0.792. The molecule has 90 valence electrons. The molecule has 16 heavy (non-hydrogen) atoms. The van der Waals surface area contributed by atoms with E-state index in [4.69, 9.17) is 17.3 Å². The molecule has 0 heterocycles. The van der Waals surface area contributed by atoms with Crippen LogP contribution in [0.4, 0.5) is 11.4 Å². The summed E-state index contributed by atoms with van der Waals surface area (Å²) in [5.74, 6) is 0. The van der Waals surface area contributed by atoms with E-state index >= 15 is 0 Å². The molecule has 1 aromatic carbocycles. The maximum absolute atomic E-state index is 6.07. The van der Waals surface area contributed by atoms with Crippen molar-refractivity contribution in [3.05, 3.63) is 22.7 Å². The summed E-state index contributed by atoms with van der Waals surface area (Å²) in [5.41, 5.74) is 8.84. The van der Waals surface area contributed by atoms with Crippen LogP contribution >= 0.6 is 11.6 Å². The molecule has 0 bridgehead atoms. The number of hydrogen-bond acceptors (Lipinski definition) is 2. The monoisotopic (exact) mass is 240 g/mol. The van der Waals surface area contributed by atoms with Crippen LogP contribution in [0.25, 0.3) is 0 Å². The summed E-state index contributed by atoms with van der Waals surface area (Å²) in [6.45, 7) is 8.53. The summed E-state index contributed by atoms with van der Waals surface area (Å²) in [5, 5.41) is 0.649. The van der Waals surface area contributed by atoms with E-state index in [9.17, 15) is 0 Å². The highest BCUT2D eigenvalue weighted by molar-refractivity contribution is 6.33. The Balaban J connectivity index is 2.95. The molecule has 0 aliphatic carbocycles. The van der Waals surface area contributed by atoms with Crippen molar-refractivity contribution in [2.75, 3.05) is 23.7 Å². The third-order valence-corrected chi connectivity index (χ3v) is 3.15. The van der Waals surface area contributed by atoms with Crippen LogP contribution in [0.1, 0.15) is 32.3 Å². The van der Waals surface area contributed by atoms with E-state index in [2.05, 4.69) is 25.7 Å². The number of aryl methyl sites for hydroxylation is 1. The number of rotatable bonds is 5. The minimum absolute atomic E-state index is 0.649. The third-order valence-electron chi connectivity index (χ3n) is 2.82. The number of nitrogen functional groups attached to an aromatic ring is 1. The Kier molecular flexibility index (Phi) is 4.94. The molecule has 0 amide bonds. The summed E-state index contributed by atoms with van der Waals surface area (Å²) in [6.07, 6.45) is 2.41. The Morgan fingerprint density at radius 1 is 1.31 bits per heavy atom. The van der Waals surface area contributed by atoms with E-state index in [0.29, 0.717) is 10.7 Å². The van der Waals surface area contributed by atoms with Crippen molar-refractivity contribution in [2.24, 2.45) is 0 Å². The van der Waals surface area contributed by atoms with Crippen LogP contribution in [-0.4, -0.2) is 13.1 Å². The van der Waals surface area contributed by atoms with Gasteiger partial charge in [-0.15, -0.1) is 0 Å². The van der Waals surface area contributed by atoms with Crippen molar-refractivity contribution in [2.45, 2.75) is 33.6 Å². The molecule has 0 unspecified atom stereocenters. The Morgan fingerprint density at radius 3 is 2.56 bits per heavy atom. The molecule has 0 fully saturated rings. The zero-order valence-corrected chi connectivity index (χ0v) is 11.1. The van der Waals surface area contributed by atoms with Crippen LogP contribution in [0.3, 0.4) is 0 Å². The summed E-state index contributed by atoms with van der Waals surface area (Å²) >= 11 is 6.07. The molecule has 0 aliphatic rings. The molecular weight excluding hydrogens is 220 g/mol. The maximum atomic E-state index is 6.07. The summed E-state index contributed by atoms with van der Waals surface area (Å²) in [7, 11) is 0. The number of halogens is 1. The van der Waals surface area contributed by atoms with E-state index in [1.54, 1.807) is 0 Å². The molecule has 1 aromatic rings. The first kappa shape index (κ1) is 13.2. The molecule has 0 radical (unpaired) electrons. The first-order chi connectivity index (χ1) is 7.60. The minimum atomic E-state index is 0.649. The number of nitrogens with zero attached hydrogens (tertiary/aromatic N) is 1. The van der Waals surface area contributed by atoms with E-state index in [1.807, 2.05) is 12.1 Å². The van der Waals surface area contributed by atoms with Crippen molar-refractivity contribution < 1.29 is 0 Å². The summed E-state index contributed by atoms with van der Waals surface area (Å²) in [6, 6.07) is 3.93. The zero-order valence-electron chi connectivity index (χ0n) is 10.4. The van der Waals surface area contributed by atoms with Gasteiger partial charge in [-0.25, -0.2) is 0 Å². The van der Waals surface area contributed by atoms with Gasteiger partial charge >= 0.3 is 0 Å². The molecule has 2 nitrogen and oxygen atoms in total. The molecule has 3 heteroatoms. The second-order valence-electron chi connectivity index (χ2n) is 4.09. The van der Waals surface area contributed by atoms with Gasteiger partial charge in [-0.3, -0.25) is 0 Å². The fraction of sp³-hybridized carbons (Fsp3) is 0.538. The predicted molar refractivity (Wildman–Crippen MR) is 73.4 cm³/mol. The molecule has 0 aliphatic heterocycles. The number of nitrogens with two attached hydrogens (primary N) is 1. The largest absolute Gasteiger partial charge is 0.398 e. The Labute approximate surface area is 103 Å². The lowest BCUT2D eigenvalue weighted by Gasteiger charge is -2.25. The van der Waals surface area contributed by atoms with Gasteiger partial charge in [0.25, 0.3) is 0 Å². The third kappa shape index (κ3) is 3.05. The van der Waals surface area contributed by atoms with Crippen LogP contribution < -0.4 is 10.6 Å². The lowest BCUT2D eigenvalue weighted by Crippen LogP contribution is -2.24. The normalized spacial score (nSPS) is 10.5. The average molecular weight is 241 g/mol. The Hall–Kier alpha value is -0.890. The van der Waals surface area contributed by atoms with Crippen molar-refractivity contribution in [3.63, 3.8) is 0 Å². The van der Waals surface area contributed by atoms with Gasteiger partial charge in [0.1, 0.15) is 0 Å². The highest BCUT2D eigenvalue weighted by Gasteiger charge is 2.09. The van der Waals surface area contributed by atoms with Crippen molar-refractivity contribution in [1.29, 1.82) is 0 Å². The van der Waals surface area contributed by atoms with Gasteiger partial charge in [-0.05, 0) is 38.0 Å². The van der Waals surface area contributed by atoms with Crippen LogP contribution in [0.5, 0.6) is 0 Å². The zero-order chi connectivity index (χ0) is 12.1. The standard InChI is InChI=1S/C13H21ClN2/c1-4-6-7-16(5-2)13-9-11(14)12(15)8-10(13)3/h8-9H,4-7,15H2,1-3H3. The van der Waals surface area contributed by atoms with E-state index in [-0.39, 0.29) is 0 Å². The molecule has 0 spiro atoms. The molecule has 0 aromatic heterocycles. The van der Waals surface area contributed by atoms with Crippen LogP contribution in [0, 0.1) is 6.92 Å². The van der Waals surface area contributed by atoms with Gasteiger partial charge in [0.2, 0.25) is 0 Å².